The number of carbonyl (C=O) groups is 2. The van der Waals surface area contributed by atoms with Gasteiger partial charge < -0.3 is 5.32 Å². The third-order valence-electron chi connectivity index (χ3n) is 4.14. The average molecular weight is 376 g/mol. The molecule has 7 nitrogen and oxygen atoms in total. The summed E-state index contributed by atoms with van der Waals surface area (Å²) in [6.07, 6.45) is 3.49. The number of nitrogens with zero attached hydrogens (tertiary/aromatic N) is 2. The van der Waals surface area contributed by atoms with Gasteiger partial charge in [-0.25, -0.2) is 10.5 Å². The van der Waals surface area contributed by atoms with Crippen LogP contribution in [0.15, 0.2) is 60.9 Å². The number of rotatable bonds is 5. The normalized spacial score (nSPS) is 10.6. The van der Waals surface area contributed by atoms with Crippen LogP contribution in [0.4, 0.5) is 5.82 Å². The highest BCUT2D eigenvalue weighted by molar-refractivity contribution is 5.97. The van der Waals surface area contributed by atoms with E-state index in [0.29, 0.717) is 5.69 Å². The lowest BCUT2D eigenvalue weighted by molar-refractivity contribution is -0.118. The molecular formula is C21H20N4O3. The lowest BCUT2D eigenvalue weighted by atomic mass is 10.0. The van der Waals surface area contributed by atoms with Gasteiger partial charge in [0.1, 0.15) is 5.82 Å². The predicted octanol–water partition coefficient (Wildman–Crippen LogP) is 3.52. The van der Waals surface area contributed by atoms with Crippen molar-refractivity contribution in [2.75, 3.05) is 5.32 Å². The summed E-state index contributed by atoms with van der Waals surface area (Å²) in [5, 5.41) is 11.6. The minimum absolute atomic E-state index is 0.183. The van der Waals surface area contributed by atoms with Crippen LogP contribution in [0.3, 0.4) is 0 Å². The van der Waals surface area contributed by atoms with Gasteiger partial charge in [-0.2, -0.15) is 0 Å². The molecule has 1 aromatic carbocycles. The van der Waals surface area contributed by atoms with Crippen LogP contribution in [0.5, 0.6) is 0 Å². The molecule has 0 saturated carbocycles. The van der Waals surface area contributed by atoms with E-state index in [1.165, 1.54) is 6.07 Å². The Kier molecular flexibility index (Phi) is 5.76. The Hall–Kier alpha value is -3.58. The highest BCUT2D eigenvalue weighted by atomic mass is 16.5. The fraction of sp³-hybridized carbons (Fsp3) is 0.143. The van der Waals surface area contributed by atoms with Gasteiger partial charge in [-0.1, -0.05) is 44.2 Å². The Labute approximate surface area is 162 Å². The summed E-state index contributed by atoms with van der Waals surface area (Å²) in [5.41, 5.74) is 5.03. The van der Waals surface area contributed by atoms with E-state index in [9.17, 15) is 9.59 Å². The summed E-state index contributed by atoms with van der Waals surface area (Å²) in [6.45, 7) is 3.52. The molecule has 0 radical (unpaired) electrons. The number of amides is 2. The zero-order valence-electron chi connectivity index (χ0n) is 15.5. The van der Waals surface area contributed by atoms with E-state index in [0.717, 1.165) is 16.7 Å². The molecule has 7 heteroatoms. The largest absolute Gasteiger partial charge is 0.310 e. The molecule has 28 heavy (non-hydrogen) atoms. The third kappa shape index (κ3) is 4.39. The number of hydrogen-bond acceptors (Lipinski definition) is 5. The van der Waals surface area contributed by atoms with Gasteiger partial charge in [-0.15, -0.1) is 0 Å². The van der Waals surface area contributed by atoms with E-state index in [2.05, 4.69) is 15.3 Å². The quantitative estimate of drug-likeness (QED) is 0.467. The zero-order chi connectivity index (χ0) is 20.1. The fourth-order valence-corrected chi connectivity index (χ4v) is 2.58. The van der Waals surface area contributed by atoms with Crippen molar-refractivity contribution < 1.29 is 14.8 Å². The number of nitrogens with one attached hydrogen (secondary N) is 2. The van der Waals surface area contributed by atoms with Crippen LogP contribution in [0.25, 0.3) is 22.4 Å². The maximum Gasteiger partial charge on any atom is 0.274 e. The number of hydrogen-bond donors (Lipinski definition) is 3. The lowest BCUT2D eigenvalue weighted by Gasteiger charge is -2.11. The van der Waals surface area contributed by atoms with Crippen LogP contribution in [0, 0.1) is 5.92 Å². The molecule has 0 unspecified atom stereocenters. The van der Waals surface area contributed by atoms with Gasteiger partial charge >= 0.3 is 0 Å². The summed E-state index contributed by atoms with van der Waals surface area (Å²) in [6, 6.07) is 14.4. The first-order valence-corrected chi connectivity index (χ1v) is 8.76. The van der Waals surface area contributed by atoms with Crippen molar-refractivity contribution in [2.24, 2.45) is 5.92 Å². The van der Waals surface area contributed by atoms with E-state index >= 15 is 0 Å². The van der Waals surface area contributed by atoms with E-state index in [-0.39, 0.29) is 23.2 Å². The highest BCUT2D eigenvalue weighted by Crippen LogP contribution is 2.25. The molecule has 2 heterocycles. The first-order valence-electron chi connectivity index (χ1n) is 8.76. The molecule has 2 amide bonds. The molecule has 2 aromatic heterocycles. The molecule has 0 atom stereocenters. The van der Waals surface area contributed by atoms with Gasteiger partial charge in [0.15, 0.2) is 0 Å². The van der Waals surface area contributed by atoms with Gasteiger partial charge in [0.05, 0.1) is 5.69 Å². The molecule has 0 aliphatic rings. The number of carbonyl (C=O) groups excluding carboxylic acids is 2. The molecule has 0 bridgehead atoms. The predicted molar refractivity (Wildman–Crippen MR) is 106 cm³/mol. The Morgan fingerprint density at radius 3 is 2.32 bits per heavy atom. The van der Waals surface area contributed by atoms with Gasteiger partial charge in [0.2, 0.25) is 5.91 Å². The van der Waals surface area contributed by atoms with Gasteiger partial charge in [-0.3, -0.25) is 19.8 Å². The SMILES string of the molecule is CC(C)C(=O)Nc1cc(C(=O)NO)cc(-c2ccc(-c3cccnc3)cc2)n1. The summed E-state index contributed by atoms with van der Waals surface area (Å²) in [4.78, 5) is 32.5. The molecule has 3 N–H and O–H groups in total. The number of anilines is 1. The monoisotopic (exact) mass is 376 g/mol. The van der Waals surface area contributed by atoms with Crippen LogP contribution in [0.1, 0.15) is 24.2 Å². The van der Waals surface area contributed by atoms with Crippen molar-refractivity contribution >= 4 is 17.6 Å². The first-order chi connectivity index (χ1) is 13.5. The topological polar surface area (TPSA) is 104 Å². The minimum atomic E-state index is -0.685. The lowest BCUT2D eigenvalue weighted by Crippen LogP contribution is -2.21. The van der Waals surface area contributed by atoms with Gasteiger partial charge in [-0.05, 0) is 29.3 Å². The molecule has 3 aromatic rings. The smallest absolute Gasteiger partial charge is 0.274 e. The van der Waals surface area contributed by atoms with Gasteiger partial charge in [0.25, 0.3) is 5.91 Å². The zero-order valence-corrected chi connectivity index (χ0v) is 15.5. The Balaban J connectivity index is 1.97. The van der Waals surface area contributed by atoms with E-state index in [1.807, 2.05) is 36.4 Å². The molecule has 142 valence electrons. The van der Waals surface area contributed by atoms with Crippen molar-refractivity contribution in [3.63, 3.8) is 0 Å². The van der Waals surface area contributed by atoms with Crippen molar-refractivity contribution in [1.29, 1.82) is 0 Å². The summed E-state index contributed by atoms with van der Waals surface area (Å²) in [5.74, 6) is -0.895. The average Bonchev–Trinajstić information content (AvgIpc) is 2.73. The van der Waals surface area contributed by atoms with Crippen LogP contribution in [-0.4, -0.2) is 27.0 Å². The van der Waals surface area contributed by atoms with Crippen LogP contribution < -0.4 is 10.8 Å². The second kappa shape index (κ2) is 8.41. The van der Waals surface area contributed by atoms with Crippen LogP contribution >= 0.6 is 0 Å². The van der Waals surface area contributed by atoms with Crippen molar-refractivity contribution in [2.45, 2.75) is 13.8 Å². The molecule has 0 spiro atoms. The van der Waals surface area contributed by atoms with Crippen LogP contribution in [0.2, 0.25) is 0 Å². The standard InChI is InChI=1S/C21H20N4O3/c1-13(2)20(26)24-19-11-17(21(27)25-28)10-18(23-19)15-7-5-14(6-8-15)16-4-3-9-22-12-16/h3-13,28H,1-2H3,(H,25,27)(H,23,24,26). The molecule has 3 rings (SSSR count). The number of hydroxylamine groups is 1. The fourth-order valence-electron chi connectivity index (χ4n) is 2.58. The number of benzene rings is 1. The van der Waals surface area contributed by atoms with E-state index < -0.39 is 5.91 Å². The maximum absolute atomic E-state index is 12.0. The Morgan fingerprint density at radius 2 is 1.71 bits per heavy atom. The third-order valence-corrected chi connectivity index (χ3v) is 4.14. The molecule has 0 fully saturated rings. The van der Waals surface area contributed by atoms with Crippen molar-refractivity contribution in [3.8, 4) is 22.4 Å². The first kappa shape index (κ1) is 19.2. The number of pyridine rings is 2. The second-order valence-electron chi connectivity index (χ2n) is 6.53. The summed E-state index contributed by atoms with van der Waals surface area (Å²) < 4.78 is 0. The minimum Gasteiger partial charge on any atom is -0.310 e. The maximum atomic E-state index is 12.0. The summed E-state index contributed by atoms with van der Waals surface area (Å²) in [7, 11) is 0. The molecule has 0 aliphatic heterocycles. The molecule has 0 saturated heterocycles. The van der Waals surface area contributed by atoms with E-state index in [4.69, 9.17) is 5.21 Å². The molecule has 0 aliphatic carbocycles. The van der Waals surface area contributed by atoms with Crippen LogP contribution in [-0.2, 0) is 4.79 Å². The highest BCUT2D eigenvalue weighted by Gasteiger charge is 2.14. The van der Waals surface area contributed by atoms with E-state index in [1.54, 1.807) is 37.8 Å². The Morgan fingerprint density at radius 1 is 1.00 bits per heavy atom. The van der Waals surface area contributed by atoms with Crippen molar-refractivity contribution in [3.05, 3.63) is 66.5 Å². The summed E-state index contributed by atoms with van der Waals surface area (Å²) >= 11 is 0. The van der Waals surface area contributed by atoms with Gasteiger partial charge in [0, 0.05) is 29.4 Å². The van der Waals surface area contributed by atoms with Crippen molar-refractivity contribution in [1.82, 2.24) is 15.4 Å². The Bertz CT molecular complexity index is 986. The molecular weight excluding hydrogens is 356 g/mol. The number of aromatic nitrogens is 2. The second-order valence-corrected chi connectivity index (χ2v) is 6.53.